The standard InChI is InChI=1S/C20H27ClO2/c1-19-9-7-13(22)11-12(19)3-4-14-15-5-6-17(21)18(23)20(15,2)10-8-16(14)19/h6-7,9,12,14-16,18,23H,3-5,8,10-11H2,1-2H3/t12-,14-,15-,16-,18?,19-,20-/m0/s1. The lowest BCUT2D eigenvalue weighted by Gasteiger charge is -2.61. The van der Waals surface area contributed by atoms with E-state index in [2.05, 4.69) is 26.0 Å². The summed E-state index contributed by atoms with van der Waals surface area (Å²) < 4.78 is 0. The predicted molar refractivity (Wildman–Crippen MR) is 92.0 cm³/mol. The Bertz CT molecular complexity index is 594. The van der Waals surface area contributed by atoms with E-state index in [0.717, 1.165) is 32.1 Å². The molecule has 126 valence electrons. The van der Waals surface area contributed by atoms with Gasteiger partial charge in [-0.15, -0.1) is 0 Å². The minimum atomic E-state index is -0.502. The van der Waals surface area contributed by atoms with Crippen LogP contribution in [0.15, 0.2) is 23.3 Å². The lowest BCUT2D eigenvalue weighted by atomic mass is 9.44. The number of carbonyl (C=O) groups is 1. The van der Waals surface area contributed by atoms with E-state index in [1.54, 1.807) is 0 Å². The van der Waals surface area contributed by atoms with Crippen molar-refractivity contribution in [2.75, 3.05) is 0 Å². The maximum absolute atomic E-state index is 11.8. The molecule has 1 N–H and O–H groups in total. The zero-order valence-corrected chi connectivity index (χ0v) is 14.9. The quantitative estimate of drug-likeness (QED) is 0.709. The fraction of sp³-hybridized carbons (Fsp3) is 0.750. The number of aliphatic hydroxyl groups is 1. The number of halogens is 1. The first kappa shape index (κ1) is 15.9. The highest BCUT2D eigenvalue weighted by molar-refractivity contribution is 6.30. The topological polar surface area (TPSA) is 37.3 Å². The first-order valence-electron chi connectivity index (χ1n) is 9.12. The molecule has 0 aromatic heterocycles. The normalized spacial score (nSPS) is 52.3. The first-order valence-corrected chi connectivity index (χ1v) is 9.50. The number of hydrogen-bond acceptors (Lipinski definition) is 2. The van der Waals surface area contributed by atoms with Gasteiger partial charge in [-0.3, -0.25) is 4.79 Å². The Morgan fingerprint density at radius 2 is 2.00 bits per heavy atom. The lowest BCUT2D eigenvalue weighted by Crippen LogP contribution is -2.56. The lowest BCUT2D eigenvalue weighted by molar-refractivity contribution is -0.129. The fourth-order valence-electron chi connectivity index (χ4n) is 6.43. The molecule has 2 fully saturated rings. The maximum Gasteiger partial charge on any atom is 0.155 e. The maximum atomic E-state index is 11.8. The van der Waals surface area contributed by atoms with Crippen LogP contribution in [0.25, 0.3) is 0 Å². The Kier molecular flexibility index (Phi) is 3.59. The van der Waals surface area contributed by atoms with Gasteiger partial charge in [-0.2, -0.15) is 0 Å². The van der Waals surface area contributed by atoms with Crippen molar-refractivity contribution in [3.63, 3.8) is 0 Å². The Hall–Kier alpha value is -0.600. The molecular weight excluding hydrogens is 308 g/mol. The number of fused-ring (bicyclic) bond motifs is 5. The fourth-order valence-corrected chi connectivity index (χ4v) is 6.77. The molecule has 0 aromatic rings. The van der Waals surface area contributed by atoms with Crippen LogP contribution >= 0.6 is 11.6 Å². The smallest absolute Gasteiger partial charge is 0.155 e. The zero-order valence-electron chi connectivity index (χ0n) is 14.1. The summed E-state index contributed by atoms with van der Waals surface area (Å²) in [6.45, 7) is 4.62. The van der Waals surface area contributed by atoms with E-state index in [1.165, 1.54) is 6.42 Å². The molecule has 0 saturated heterocycles. The van der Waals surface area contributed by atoms with Gasteiger partial charge in [-0.1, -0.05) is 37.6 Å². The van der Waals surface area contributed by atoms with Gasteiger partial charge in [0.1, 0.15) is 0 Å². The van der Waals surface area contributed by atoms with Crippen LogP contribution in [-0.2, 0) is 4.79 Å². The molecule has 23 heavy (non-hydrogen) atoms. The van der Waals surface area contributed by atoms with Gasteiger partial charge in [0.15, 0.2) is 5.78 Å². The van der Waals surface area contributed by atoms with Crippen molar-refractivity contribution in [3.05, 3.63) is 23.3 Å². The number of hydrogen-bond donors (Lipinski definition) is 1. The van der Waals surface area contributed by atoms with Gasteiger partial charge < -0.3 is 5.11 Å². The van der Waals surface area contributed by atoms with E-state index in [1.807, 2.05) is 6.08 Å². The summed E-state index contributed by atoms with van der Waals surface area (Å²) in [6.07, 6.45) is 11.9. The Morgan fingerprint density at radius 3 is 2.78 bits per heavy atom. The molecule has 0 amide bonds. The average Bonchev–Trinajstić information content (AvgIpc) is 2.52. The van der Waals surface area contributed by atoms with Crippen LogP contribution in [0, 0.1) is 34.5 Å². The summed E-state index contributed by atoms with van der Waals surface area (Å²) in [5.41, 5.74) is 0.0818. The average molecular weight is 335 g/mol. The van der Waals surface area contributed by atoms with Gasteiger partial charge in [0.05, 0.1) is 6.10 Å². The van der Waals surface area contributed by atoms with E-state index in [4.69, 9.17) is 11.6 Å². The minimum absolute atomic E-state index is 0.0790. The van der Waals surface area contributed by atoms with Crippen molar-refractivity contribution in [2.24, 2.45) is 34.5 Å². The highest BCUT2D eigenvalue weighted by Crippen LogP contribution is 2.64. The SMILES string of the molecule is C[C@]12C=CC(=O)C[C@@H]1CC[C@@H]1[C@@H]2CC[C@]2(C)C(O)C(Cl)=CC[C@@H]12. The summed E-state index contributed by atoms with van der Waals surface area (Å²) in [4.78, 5) is 11.8. The van der Waals surface area contributed by atoms with Crippen LogP contribution in [0.1, 0.15) is 52.4 Å². The highest BCUT2D eigenvalue weighted by atomic mass is 35.5. The molecule has 0 heterocycles. The first-order chi connectivity index (χ1) is 10.9. The van der Waals surface area contributed by atoms with E-state index in [0.29, 0.717) is 34.5 Å². The Balaban J connectivity index is 1.70. The number of carbonyl (C=O) groups excluding carboxylic acids is 1. The van der Waals surface area contributed by atoms with Crippen LogP contribution in [0.5, 0.6) is 0 Å². The highest BCUT2D eigenvalue weighted by Gasteiger charge is 2.58. The minimum Gasteiger partial charge on any atom is -0.387 e. The van der Waals surface area contributed by atoms with Gasteiger partial charge in [0.25, 0.3) is 0 Å². The van der Waals surface area contributed by atoms with Crippen molar-refractivity contribution in [3.8, 4) is 0 Å². The number of aliphatic hydroxyl groups excluding tert-OH is 1. The number of ketones is 1. The molecule has 3 heteroatoms. The van der Waals surface area contributed by atoms with Crippen LogP contribution in [-0.4, -0.2) is 17.0 Å². The van der Waals surface area contributed by atoms with Crippen molar-refractivity contribution in [2.45, 2.75) is 58.5 Å². The van der Waals surface area contributed by atoms with Gasteiger partial charge in [-0.25, -0.2) is 0 Å². The second kappa shape index (κ2) is 5.20. The van der Waals surface area contributed by atoms with Crippen LogP contribution < -0.4 is 0 Å². The molecule has 0 radical (unpaired) electrons. The third-order valence-electron chi connectivity index (χ3n) is 7.93. The summed E-state index contributed by atoms with van der Waals surface area (Å²) >= 11 is 6.27. The molecule has 0 aliphatic heterocycles. The van der Waals surface area contributed by atoms with E-state index in [9.17, 15) is 9.90 Å². The molecule has 2 saturated carbocycles. The van der Waals surface area contributed by atoms with E-state index >= 15 is 0 Å². The molecule has 0 spiro atoms. The van der Waals surface area contributed by atoms with Gasteiger partial charge >= 0.3 is 0 Å². The molecule has 4 aliphatic rings. The van der Waals surface area contributed by atoms with Gasteiger partial charge in [0.2, 0.25) is 0 Å². The predicted octanol–water partition coefficient (Wildman–Crippen LogP) is 4.47. The van der Waals surface area contributed by atoms with Crippen LogP contribution in [0.3, 0.4) is 0 Å². The Morgan fingerprint density at radius 1 is 1.22 bits per heavy atom. The zero-order chi connectivity index (χ0) is 16.4. The summed E-state index contributed by atoms with van der Waals surface area (Å²) in [5, 5.41) is 11.3. The van der Waals surface area contributed by atoms with Crippen molar-refractivity contribution in [1.29, 1.82) is 0 Å². The largest absolute Gasteiger partial charge is 0.387 e. The molecule has 1 unspecified atom stereocenters. The monoisotopic (exact) mass is 334 g/mol. The molecule has 2 nitrogen and oxygen atoms in total. The molecule has 4 aliphatic carbocycles. The summed E-state index contributed by atoms with van der Waals surface area (Å²) in [6, 6.07) is 0. The van der Waals surface area contributed by atoms with Crippen molar-refractivity contribution in [1.82, 2.24) is 0 Å². The van der Waals surface area contributed by atoms with E-state index < -0.39 is 6.10 Å². The van der Waals surface area contributed by atoms with E-state index in [-0.39, 0.29) is 10.8 Å². The Labute approximate surface area is 144 Å². The molecule has 0 bridgehead atoms. The molecule has 7 atom stereocenters. The van der Waals surface area contributed by atoms with Crippen molar-refractivity contribution < 1.29 is 9.90 Å². The van der Waals surface area contributed by atoms with Crippen LogP contribution in [0.4, 0.5) is 0 Å². The van der Waals surface area contributed by atoms with Gasteiger partial charge in [0, 0.05) is 16.9 Å². The van der Waals surface area contributed by atoms with Crippen molar-refractivity contribution >= 4 is 17.4 Å². The molecule has 0 aromatic carbocycles. The van der Waals surface area contributed by atoms with Gasteiger partial charge in [-0.05, 0) is 67.3 Å². The summed E-state index contributed by atoms with van der Waals surface area (Å²) in [5.74, 6) is 2.61. The molecule has 4 rings (SSSR count). The third kappa shape index (κ3) is 2.14. The number of rotatable bonds is 0. The molecular formula is C20H27ClO2. The number of allylic oxidation sites excluding steroid dienone is 3. The second-order valence-corrected chi connectivity index (χ2v) is 9.23. The van der Waals surface area contributed by atoms with Crippen LogP contribution in [0.2, 0.25) is 0 Å². The second-order valence-electron chi connectivity index (χ2n) is 8.79. The summed E-state index contributed by atoms with van der Waals surface area (Å²) in [7, 11) is 0. The third-order valence-corrected chi connectivity index (χ3v) is 8.29.